The van der Waals surface area contributed by atoms with Gasteiger partial charge in [0.1, 0.15) is 17.5 Å². The summed E-state index contributed by atoms with van der Waals surface area (Å²) < 4.78 is 0. The van der Waals surface area contributed by atoms with Gasteiger partial charge in [0, 0.05) is 17.7 Å². The topological polar surface area (TPSA) is 75.9 Å². The predicted molar refractivity (Wildman–Crippen MR) is 87.7 cm³/mol. The lowest BCUT2D eigenvalue weighted by atomic mass is 10.1. The summed E-state index contributed by atoms with van der Waals surface area (Å²) in [5.41, 5.74) is 5.89. The van der Waals surface area contributed by atoms with Gasteiger partial charge < -0.3 is 10.7 Å². The van der Waals surface area contributed by atoms with Gasteiger partial charge in [-0.2, -0.15) is 0 Å². The summed E-state index contributed by atoms with van der Waals surface area (Å²) in [7, 11) is 0. The van der Waals surface area contributed by atoms with Crippen molar-refractivity contribution >= 4 is 17.3 Å². The molecule has 1 aromatic heterocycles. The van der Waals surface area contributed by atoms with Crippen molar-refractivity contribution < 1.29 is 0 Å². The molecule has 0 radical (unpaired) electrons. The van der Waals surface area contributed by atoms with Gasteiger partial charge in [0.15, 0.2) is 0 Å². The minimum absolute atomic E-state index is 0.668. The van der Waals surface area contributed by atoms with Crippen molar-refractivity contribution in [2.45, 2.75) is 40.0 Å². The Morgan fingerprint density at radius 2 is 1.71 bits per heavy atom. The summed E-state index contributed by atoms with van der Waals surface area (Å²) in [6, 6.07) is 8.37. The number of aryl methyl sites for hydroxylation is 2. The van der Waals surface area contributed by atoms with Crippen LogP contribution in [0.2, 0.25) is 0 Å². The fourth-order valence-electron chi connectivity index (χ4n) is 2.12. The number of nitrogen functional groups attached to an aromatic ring is 1. The zero-order valence-corrected chi connectivity index (χ0v) is 12.9. The summed E-state index contributed by atoms with van der Waals surface area (Å²) in [6.07, 6.45) is 2.87. The highest BCUT2D eigenvalue weighted by Gasteiger charge is 2.10. The number of aromatic nitrogens is 2. The van der Waals surface area contributed by atoms with Gasteiger partial charge in [-0.05, 0) is 37.5 Å². The molecule has 2 rings (SSSR count). The number of hydrogen-bond donors (Lipinski definition) is 3. The standard InChI is InChI=1S/C16H23N5/c1-4-6-14-19-15(11(3)16(20-14)21-17)18-13-9-7-12(5-2)8-10-13/h7-10H,4-6,17H2,1-3H3,(H2,18,19,20,21). The summed E-state index contributed by atoms with van der Waals surface area (Å²) >= 11 is 0. The SMILES string of the molecule is CCCc1nc(NN)c(C)c(Nc2ccc(CC)cc2)n1. The summed E-state index contributed by atoms with van der Waals surface area (Å²) in [5.74, 6) is 7.81. The van der Waals surface area contributed by atoms with Crippen molar-refractivity contribution in [2.24, 2.45) is 5.84 Å². The van der Waals surface area contributed by atoms with E-state index in [1.54, 1.807) is 0 Å². The molecule has 0 aliphatic carbocycles. The minimum Gasteiger partial charge on any atom is -0.340 e. The van der Waals surface area contributed by atoms with Crippen molar-refractivity contribution in [1.29, 1.82) is 0 Å². The molecule has 1 aromatic carbocycles. The Hall–Kier alpha value is -2.14. The van der Waals surface area contributed by atoms with Gasteiger partial charge in [-0.25, -0.2) is 15.8 Å². The Morgan fingerprint density at radius 1 is 1.05 bits per heavy atom. The van der Waals surface area contributed by atoms with Crippen molar-refractivity contribution in [3.8, 4) is 0 Å². The highest BCUT2D eigenvalue weighted by Crippen LogP contribution is 2.23. The maximum Gasteiger partial charge on any atom is 0.148 e. The van der Waals surface area contributed by atoms with E-state index in [1.165, 1.54) is 5.56 Å². The van der Waals surface area contributed by atoms with Crippen LogP contribution in [0.1, 0.15) is 37.2 Å². The van der Waals surface area contributed by atoms with Crippen molar-refractivity contribution in [3.63, 3.8) is 0 Å². The number of rotatable bonds is 6. The van der Waals surface area contributed by atoms with Crippen LogP contribution >= 0.6 is 0 Å². The Kier molecular flexibility index (Phi) is 5.11. The van der Waals surface area contributed by atoms with Crippen LogP contribution in [-0.2, 0) is 12.8 Å². The van der Waals surface area contributed by atoms with Gasteiger partial charge in [-0.15, -0.1) is 0 Å². The number of nitrogens with zero attached hydrogens (tertiary/aromatic N) is 2. The van der Waals surface area contributed by atoms with E-state index in [4.69, 9.17) is 5.84 Å². The highest BCUT2D eigenvalue weighted by atomic mass is 15.3. The molecule has 0 atom stereocenters. The van der Waals surface area contributed by atoms with Crippen molar-refractivity contribution in [3.05, 3.63) is 41.2 Å². The molecule has 0 saturated heterocycles. The van der Waals surface area contributed by atoms with E-state index >= 15 is 0 Å². The van der Waals surface area contributed by atoms with Crippen LogP contribution in [0.3, 0.4) is 0 Å². The fourth-order valence-corrected chi connectivity index (χ4v) is 2.12. The molecule has 21 heavy (non-hydrogen) atoms. The van der Waals surface area contributed by atoms with Crippen LogP contribution in [-0.4, -0.2) is 9.97 Å². The third kappa shape index (κ3) is 3.70. The number of benzene rings is 1. The third-order valence-electron chi connectivity index (χ3n) is 3.43. The molecule has 0 fully saturated rings. The van der Waals surface area contributed by atoms with Gasteiger partial charge in [0.05, 0.1) is 0 Å². The molecule has 112 valence electrons. The molecule has 0 aliphatic heterocycles. The third-order valence-corrected chi connectivity index (χ3v) is 3.43. The van der Waals surface area contributed by atoms with Gasteiger partial charge in [-0.1, -0.05) is 26.0 Å². The second kappa shape index (κ2) is 7.04. The molecular weight excluding hydrogens is 262 g/mol. The maximum atomic E-state index is 5.55. The average molecular weight is 285 g/mol. The predicted octanol–water partition coefficient (Wildman–Crippen LogP) is 3.33. The molecule has 0 saturated carbocycles. The van der Waals surface area contributed by atoms with Crippen LogP contribution < -0.4 is 16.6 Å². The van der Waals surface area contributed by atoms with E-state index in [0.29, 0.717) is 5.82 Å². The van der Waals surface area contributed by atoms with Gasteiger partial charge in [-0.3, -0.25) is 0 Å². The molecule has 0 spiro atoms. The summed E-state index contributed by atoms with van der Waals surface area (Å²) in [6.45, 7) is 6.20. The van der Waals surface area contributed by atoms with E-state index in [2.05, 4.69) is 58.8 Å². The van der Waals surface area contributed by atoms with Crippen LogP contribution in [0.25, 0.3) is 0 Å². The Balaban J connectivity index is 2.30. The second-order valence-corrected chi connectivity index (χ2v) is 5.03. The number of nitrogens with one attached hydrogen (secondary N) is 2. The summed E-state index contributed by atoms with van der Waals surface area (Å²) in [5, 5.41) is 3.35. The zero-order valence-electron chi connectivity index (χ0n) is 12.9. The fraction of sp³-hybridized carbons (Fsp3) is 0.375. The first-order chi connectivity index (χ1) is 10.2. The molecule has 0 unspecified atom stereocenters. The number of anilines is 3. The van der Waals surface area contributed by atoms with Crippen LogP contribution in [0.15, 0.2) is 24.3 Å². The average Bonchev–Trinajstić information content (AvgIpc) is 2.51. The second-order valence-electron chi connectivity index (χ2n) is 5.03. The molecule has 1 heterocycles. The molecule has 5 heteroatoms. The molecule has 4 N–H and O–H groups in total. The quantitative estimate of drug-likeness (QED) is 0.560. The summed E-state index contributed by atoms with van der Waals surface area (Å²) in [4.78, 5) is 9.01. The van der Waals surface area contributed by atoms with Crippen LogP contribution in [0.5, 0.6) is 0 Å². The molecule has 0 amide bonds. The monoisotopic (exact) mass is 285 g/mol. The van der Waals surface area contributed by atoms with Gasteiger partial charge in [0.25, 0.3) is 0 Å². The normalized spacial score (nSPS) is 10.5. The number of hydrazine groups is 1. The lowest BCUT2D eigenvalue weighted by Gasteiger charge is -2.13. The molecule has 5 nitrogen and oxygen atoms in total. The van der Waals surface area contributed by atoms with Crippen LogP contribution in [0.4, 0.5) is 17.3 Å². The first kappa shape index (κ1) is 15.3. The Morgan fingerprint density at radius 3 is 2.29 bits per heavy atom. The minimum atomic E-state index is 0.668. The largest absolute Gasteiger partial charge is 0.340 e. The van der Waals surface area contributed by atoms with E-state index in [-0.39, 0.29) is 0 Å². The Bertz CT molecular complexity index is 592. The number of nitrogens with two attached hydrogens (primary N) is 1. The molecular formula is C16H23N5. The van der Waals surface area contributed by atoms with E-state index in [9.17, 15) is 0 Å². The smallest absolute Gasteiger partial charge is 0.148 e. The first-order valence-corrected chi connectivity index (χ1v) is 7.38. The highest BCUT2D eigenvalue weighted by molar-refractivity contribution is 5.64. The van der Waals surface area contributed by atoms with Crippen LogP contribution in [0, 0.1) is 6.92 Å². The molecule has 0 bridgehead atoms. The first-order valence-electron chi connectivity index (χ1n) is 7.38. The molecule has 2 aromatic rings. The van der Waals surface area contributed by atoms with E-state index in [0.717, 1.165) is 42.2 Å². The molecule has 0 aliphatic rings. The van der Waals surface area contributed by atoms with Crippen molar-refractivity contribution in [1.82, 2.24) is 9.97 Å². The van der Waals surface area contributed by atoms with Crippen molar-refractivity contribution in [2.75, 3.05) is 10.7 Å². The van der Waals surface area contributed by atoms with E-state index < -0.39 is 0 Å². The number of hydrogen-bond acceptors (Lipinski definition) is 5. The maximum absolute atomic E-state index is 5.55. The lowest BCUT2D eigenvalue weighted by Crippen LogP contribution is -2.14. The van der Waals surface area contributed by atoms with Gasteiger partial charge >= 0.3 is 0 Å². The lowest BCUT2D eigenvalue weighted by molar-refractivity contribution is 0.833. The Labute approximate surface area is 126 Å². The zero-order chi connectivity index (χ0) is 15.2. The van der Waals surface area contributed by atoms with Gasteiger partial charge in [0.2, 0.25) is 0 Å². The van der Waals surface area contributed by atoms with E-state index in [1.807, 2.05) is 6.92 Å².